The summed E-state index contributed by atoms with van der Waals surface area (Å²) in [6.45, 7) is 7.57. The van der Waals surface area contributed by atoms with Crippen molar-refractivity contribution in [3.63, 3.8) is 0 Å². The highest BCUT2D eigenvalue weighted by Crippen LogP contribution is 2.25. The second kappa shape index (κ2) is 6.18. The summed E-state index contributed by atoms with van der Waals surface area (Å²) in [5, 5.41) is 3.27. The molecule has 5 nitrogen and oxygen atoms in total. The molecule has 1 atom stereocenters. The number of nitrogens with zero attached hydrogens (tertiary/aromatic N) is 1. The number of nitrogens with two attached hydrogens (primary N) is 1. The third-order valence-electron chi connectivity index (χ3n) is 3.76. The molecule has 1 unspecified atom stereocenters. The van der Waals surface area contributed by atoms with Crippen molar-refractivity contribution in [3.8, 4) is 0 Å². The van der Waals surface area contributed by atoms with Gasteiger partial charge in [0, 0.05) is 18.0 Å². The van der Waals surface area contributed by atoms with Gasteiger partial charge in [-0.05, 0) is 25.8 Å². The van der Waals surface area contributed by atoms with Gasteiger partial charge in [0.05, 0.1) is 6.54 Å². The van der Waals surface area contributed by atoms with Crippen molar-refractivity contribution in [1.82, 2.24) is 10.2 Å². The monoisotopic (exact) mass is 255 g/mol. The summed E-state index contributed by atoms with van der Waals surface area (Å²) in [4.78, 5) is 25.4. The minimum atomic E-state index is -0.444. The predicted octanol–water partition coefficient (Wildman–Crippen LogP) is 0.489. The number of piperidine rings is 1. The lowest BCUT2D eigenvalue weighted by Crippen LogP contribution is -2.54. The number of amides is 2. The van der Waals surface area contributed by atoms with Gasteiger partial charge in [-0.15, -0.1) is 0 Å². The number of rotatable bonds is 5. The van der Waals surface area contributed by atoms with Gasteiger partial charge in [-0.1, -0.05) is 20.8 Å². The molecule has 0 spiro atoms. The van der Waals surface area contributed by atoms with Crippen LogP contribution in [-0.2, 0) is 9.59 Å². The van der Waals surface area contributed by atoms with Gasteiger partial charge in [0.2, 0.25) is 11.8 Å². The summed E-state index contributed by atoms with van der Waals surface area (Å²) in [6.07, 6.45) is 2.72. The Hall–Kier alpha value is -1.10. The van der Waals surface area contributed by atoms with Crippen LogP contribution in [0.2, 0.25) is 0 Å². The van der Waals surface area contributed by atoms with E-state index in [4.69, 9.17) is 5.73 Å². The molecule has 2 amide bonds. The summed E-state index contributed by atoms with van der Waals surface area (Å²) in [7, 11) is 0. The fraction of sp³-hybridized carbons (Fsp3) is 0.846. The minimum absolute atomic E-state index is 0.0224. The average Bonchev–Trinajstić information content (AvgIpc) is 2.36. The molecule has 1 aliphatic rings. The van der Waals surface area contributed by atoms with Crippen LogP contribution in [0.25, 0.3) is 0 Å². The lowest BCUT2D eigenvalue weighted by atomic mass is 9.87. The van der Waals surface area contributed by atoms with Crippen LogP contribution >= 0.6 is 0 Å². The standard InChI is InChI=1S/C13H25N3O2/c1-4-13(2,3)12(18)16(9-11(14)17)10-6-5-7-15-8-10/h10,15H,4-9H2,1-3H3,(H2,14,17). The molecule has 0 radical (unpaired) electrons. The Balaban J connectivity index is 2.82. The molecule has 0 bridgehead atoms. The molecule has 0 saturated carbocycles. The van der Waals surface area contributed by atoms with Crippen LogP contribution in [0.1, 0.15) is 40.0 Å². The van der Waals surface area contributed by atoms with E-state index in [1.165, 1.54) is 0 Å². The van der Waals surface area contributed by atoms with Gasteiger partial charge in [0.15, 0.2) is 0 Å². The van der Waals surface area contributed by atoms with Crippen LogP contribution in [0.3, 0.4) is 0 Å². The summed E-state index contributed by atoms with van der Waals surface area (Å²) >= 11 is 0. The zero-order valence-corrected chi connectivity index (χ0v) is 11.7. The van der Waals surface area contributed by atoms with E-state index in [-0.39, 0.29) is 18.5 Å². The first-order valence-corrected chi connectivity index (χ1v) is 6.68. The van der Waals surface area contributed by atoms with Crippen molar-refractivity contribution in [2.75, 3.05) is 19.6 Å². The Labute approximate surface area is 109 Å². The normalized spacial score (nSPS) is 20.5. The number of nitrogens with one attached hydrogen (secondary N) is 1. The van der Waals surface area contributed by atoms with E-state index < -0.39 is 11.3 Å². The highest BCUT2D eigenvalue weighted by atomic mass is 16.2. The Kier molecular flexibility index (Phi) is 5.14. The molecular formula is C13H25N3O2. The third kappa shape index (κ3) is 3.70. The van der Waals surface area contributed by atoms with Crippen molar-refractivity contribution in [3.05, 3.63) is 0 Å². The predicted molar refractivity (Wildman–Crippen MR) is 70.9 cm³/mol. The van der Waals surface area contributed by atoms with Crippen LogP contribution in [0.5, 0.6) is 0 Å². The topological polar surface area (TPSA) is 75.4 Å². The van der Waals surface area contributed by atoms with E-state index in [1.807, 2.05) is 20.8 Å². The molecule has 0 aromatic carbocycles. The minimum Gasteiger partial charge on any atom is -0.368 e. The van der Waals surface area contributed by atoms with E-state index in [9.17, 15) is 9.59 Å². The van der Waals surface area contributed by atoms with Crippen LogP contribution < -0.4 is 11.1 Å². The quantitative estimate of drug-likeness (QED) is 0.750. The van der Waals surface area contributed by atoms with Crippen molar-refractivity contribution in [2.45, 2.75) is 46.1 Å². The van der Waals surface area contributed by atoms with Crippen molar-refractivity contribution in [2.24, 2.45) is 11.1 Å². The van der Waals surface area contributed by atoms with E-state index in [2.05, 4.69) is 5.32 Å². The van der Waals surface area contributed by atoms with E-state index >= 15 is 0 Å². The summed E-state index contributed by atoms with van der Waals surface area (Å²) in [5.74, 6) is -0.418. The van der Waals surface area contributed by atoms with Crippen molar-refractivity contribution in [1.29, 1.82) is 0 Å². The number of carbonyl (C=O) groups excluding carboxylic acids is 2. The second-order valence-electron chi connectivity index (χ2n) is 5.64. The van der Waals surface area contributed by atoms with Crippen LogP contribution in [0.4, 0.5) is 0 Å². The van der Waals surface area contributed by atoms with Gasteiger partial charge in [0.1, 0.15) is 0 Å². The first kappa shape index (κ1) is 15.0. The van der Waals surface area contributed by atoms with E-state index in [1.54, 1.807) is 4.90 Å². The summed E-state index contributed by atoms with van der Waals surface area (Å²) in [5.41, 5.74) is 4.83. The Morgan fingerprint density at radius 1 is 1.44 bits per heavy atom. The lowest BCUT2D eigenvalue weighted by Gasteiger charge is -2.38. The SMILES string of the molecule is CCC(C)(C)C(=O)N(CC(N)=O)C1CCCNC1. The number of hydrogen-bond acceptors (Lipinski definition) is 3. The molecule has 0 aromatic heterocycles. The molecule has 18 heavy (non-hydrogen) atoms. The third-order valence-corrected chi connectivity index (χ3v) is 3.76. The number of hydrogen-bond donors (Lipinski definition) is 2. The van der Waals surface area contributed by atoms with Crippen LogP contribution in [0.15, 0.2) is 0 Å². The Bertz CT molecular complexity index is 309. The van der Waals surface area contributed by atoms with E-state index in [0.717, 1.165) is 32.4 Å². The maximum Gasteiger partial charge on any atom is 0.237 e. The Morgan fingerprint density at radius 2 is 2.11 bits per heavy atom. The molecule has 104 valence electrons. The number of carbonyl (C=O) groups is 2. The van der Waals surface area contributed by atoms with Gasteiger partial charge in [-0.25, -0.2) is 0 Å². The Morgan fingerprint density at radius 3 is 2.56 bits per heavy atom. The molecule has 5 heteroatoms. The molecule has 0 aromatic rings. The fourth-order valence-corrected chi connectivity index (χ4v) is 2.17. The highest BCUT2D eigenvalue weighted by molar-refractivity contribution is 5.87. The van der Waals surface area contributed by atoms with Crippen LogP contribution in [-0.4, -0.2) is 42.4 Å². The summed E-state index contributed by atoms with van der Waals surface area (Å²) in [6, 6.07) is 0.0876. The van der Waals surface area contributed by atoms with Crippen molar-refractivity contribution >= 4 is 11.8 Å². The van der Waals surface area contributed by atoms with Crippen molar-refractivity contribution < 1.29 is 9.59 Å². The molecule has 3 N–H and O–H groups in total. The molecular weight excluding hydrogens is 230 g/mol. The average molecular weight is 255 g/mol. The second-order valence-corrected chi connectivity index (χ2v) is 5.64. The van der Waals surface area contributed by atoms with E-state index in [0.29, 0.717) is 0 Å². The molecule has 1 saturated heterocycles. The lowest BCUT2D eigenvalue weighted by molar-refractivity contribution is -0.146. The van der Waals surface area contributed by atoms with Crippen LogP contribution in [0, 0.1) is 5.41 Å². The van der Waals surface area contributed by atoms with Gasteiger partial charge in [-0.2, -0.15) is 0 Å². The van der Waals surface area contributed by atoms with Gasteiger partial charge < -0.3 is 16.0 Å². The maximum atomic E-state index is 12.5. The highest BCUT2D eigenvalue weighted by Gasteiger charge is 2.35. The molecule has 1 aliphatic heterocycles. The zero-order valence-electron chi connectivity index (χ0n) is 11.7. The maximum absolute atomic E-state index is 12.5. The number of primary amides is 1. The largest absolute Gasteiger partial charge is 0.368 e. The fourth-order valence-electron chi connectivity index (χ4n) is 2.17. The van der Waals surface area contributed by atoms with Gasteiger partial charge in [0.25, 0.3) is 0 Å². The molecule has 1 rings (SSSR count). The summed E-state index contributed by atoms with van der Waals surface area (Å²) < 4.78 is 0. The molecule has 1 heterocycles. The first-order valence-electron chi connectivity index (χ1n) is 6.68. The molecule has 0 aliphatic carbocycles. The molecule has 1 fully saturated rings. The van der Waals surface area contributed by atoms with Gasteiger partial charge >= 0.3 is 0 Å². The van der Waals surface area contributed by atoms with Gasteiger partial charge in [-0.3, -0.25) is 9.59 Å². The smallest absolute Gasteiger partial charge is 0.237 e. The first-order chi connectivity index (χ1) is 8.38. The zero-order chi connectivity index (χ0) is 13.8.